The van der Waals surface area contributed by atoms with Crippen LogP contribution in [0.15, 0.2) is 60.0 Å². The first-order valence-electron chi connectivity index (χ1n) is 10.9. The third-order valence-corrected chi connectivity index (χ3v) is 6.76. The van der Waals surface area contributed by atoms with Gasteiger partial charge < -0.3 is 4.74 Å². The number of hydrogen-bond donors (Lipinski definition) is 0. The van der Waals surface area contributed by atoms with E-state index in [0.29, 0.717) is 34.7 Å². The van der Waals surface area contributed by atoms with Crippen LogP contribution in [0.5, 0.6) is 6.01 Å². The zero-order valence-corrected chi connectivity index (χ0v) is 20.5. The predicted molar refractivity (Wildman–Crippen MR) is 134 cm³/mol. The number of aryl methyl sites for hydroxylation is 1. The van der Waals surface area contributed by atoms with E-state index in [4.69, 9.17) is 21.8 Å². The van der Waals surface area contributed by atoms with Crippen LogP contribution in [0.4, 0.5) is 8.78 Å². The summed E-state index contributed by atoms with van der Waals surface area (Å²) < 4.78 is 59.7. The van der Waals surface area contributed by atoms with E-state index in [1.165, 1.54) is 35.4 Å². The van der Waals surface area contributed by atoms with Gasteiger partial charge in [-0.25, -0.2) is 22.2 Å². The van der Waals surface area contributed by atoms with Crippen molar-refractivity contribution in [3.05, 3.63) is 72.2 Å². The number of hydrogen-bond acceptors (Lipinski definition) is 7. The summed E-state index contributed by atoms with van der Waals surface area (Å²) in [6, 6.07) is 9.16. The quantitative estimate of drug-likeness (QED) is 0.168. The molecule has 5 aromatic rings. The number of ether oxygens (including phenoxy) is 1. The maximum atomic E-state index is 15.7. The fourth-order valence-corrected chi connectivity index (χ4v) is 4.56. The molecule has 0 N–H and O–H groups in total. The SMILES string of the molecule is C#Cc1c(F)ccc2cccc(-c3ncc4cnc(OCCCn5ccc(S(=O)(=O)Cl)n5)nc4c3F)c12. The Morgan fingerprint density at radius 1 is 1.08 bits per heavy atom. The maximum Gasteiger partial charge on any atom is 0.317 e. The maximum absolute atomic E-state index is 15.7. The smallest absolute Gasteiger partial charge is 0.317 e. The van der Waals surface area contributed by atoms with Gasteiger partial charge in [0.1, 0.15) is 17.0 Å². The second-order valence-corrected chi connectivity index (χ2v) is 10.4. The summed E-state index contributed by atoms with van der Waals surface area (Å²) in [6.45, 7) is 0.500. The monoisotopic (exact) mass is 539 g/mol. The van der Waals surface area contributed by atoms with E-state index < -0.39 is 20.7 Å². The molecule has 0 spiro atoms. The number of terminal acetylenes is 1. The van der Waals surface area contributed by atoms with E-state index in [0.717, 1.165) is 0 Å². The Labute approximate surface area is 214 Å². The molecule has 0 aliphatic heterocycles. The number of pyridine rings is 1. The number of aromatic nitrogens is 5. The molecule has 0 unspecified atom stereocenters. The molecule has 0 amide bonds. The van der Waals surface area contributed by atoms with E-state index >= 15 is 4.39 Å². The van der Waals surface area contributed by atoms with Crippen molar-refractivity contribution in [2.75, 3.05) is 6.61 Å². The van der Waals surface area contributed by atoms with Crippen molar-refractivity contribution in [2.45, 2.75) is 18.0 Å². The summed E-state index contributed by atoms with van der Waals surface area (Å²) in [7, 11) is 1.37. The molecule has 0 bridgehead atoms. The van der Waals surface area contributed by atoms with Crippen LogP contribution in [0.3, 0.4) is 0 Å². The Hall–Kier alpha value is -4.14. The minimum absolute atomic E-state index is 0.0188. The third-order valence-electron chi connectivity index (χ3n) is 5.57. The topological polar surface area (TPSA) is 99.9 Å². The molecule has 8 nitrogen and oxygen atoms in total. The van der Waals surface area contributed by atoms with Gasteiger partial charge >= 0.3 is 6.01 Å². The van der Waals surface area contributed by atoms with Crippen LogP contribution in [-0.2, 0) is 15.6 Å². The van der Waals surface area contributed by atoms with Gasteiger partial charge in [-0.05, 0) is 17.5 Å². The van der Waals surface area contributed by atoms with Gasteiger partial charge in [0.2, 0.25) is 0 Å². The number of fused-ring (bicyclic) bond motifs is 2. The van der Waals surface area contributed by atoms with Crippen molar-refractivity contribution in [2.24, 2.45) is 0 Å². The van der Waals surface area contributed by atoms with Crippen LogP contribution in [0, 0.1) is 24.0 Å². The first kappa shape index (κ1) is 24.5. The summed E-state index contributed by atoms with van der Waals surface area (Å²) in [5.74, 6) is 1.04. The van der Waals surface area contributed by atoms with Gasteiger partial charge in [0, 0.05) is 58.6 Å². The lowest BCUT2D eigenvalue weighted by Crippen LogP contribution is -2.07. The number of rotatable bonds is 7. The van der Waals surface area contributed by atoms with Crippen LogP contribution in [0.2, 0.25) is 0 Å². The van der Waals surface area contributed by atoms with Gasteiger partial charge in [0.15, 0.2) is 10.8 Å². The van der Waals surface area contributed by atoms with Crippen LogP contribution < -0.4 is 4.74 Å². The molecule has 0 fully saturated rings. The predicted octanol–water partition coefficient (Wildman–Crippen LogP) is 4.70. The molecular weight excluding hydrogens is 524 g/mol. The van der Waals surface area contributed by atoms with E-state index in [-0.39, 0.29) is 34.4 Å². The highest BCUT2D eigenvalue weighted by Gasteiger charge is 2.19. The lowest BCUT2D eigenvalue weighted by molar-refractivity contribution is 0.277. The Kier molecular flexibility index (Phi) is 6.45. The Balaban J connectivity index is 1.41. The zero-order chi connectivity index (χ0) is 26.2. The lowest BCUT2D eigenvalue weighted by Gasteiger charge is -2.11. The largest absolute Gasteiger partial charge is 0.463 e. The normalized spacial score (nSPS) is 11.6. The highest BCUT2D eigenvalue weighted by atomic mass is 35.7. The average molecular weight is 540 g/mol. The van der Waals surface area contributed by atoms with Crippen LogP contribution >= 0.6 is 10.7 Å². The minimum atomic E-state index is -3.90. The van der Waals surface area contributed by atoms with Crippen molar-refractivity contribution in [3.63, 3.8) is 0 Å². The van der Waals surface area contributed by atoms with Gasteiger partial charge in [-0.15, -0.1) is 6.42 Å². The lowest BCUT2D eigenvalue weighted by atomic mass is 9.96. The van der Waals surface area contributed by atoms with E-state index in [2.05, 4.69) is 26.0 Å². The van der Waals surface area contributed by atoms with Crippen LogP contribution in [0.1, 0.15) is 12.0 Å². The Morgan fingerprint density at radius 2 is 1.89 bits per heavy atom. The fraction of sp³-hybridized carbons (Fsp3) is 0.120. The highest BCUT2D eigenvalue weighted by molar-refractivity contribution is 8.13. The summed E-state index contributed by atoms with van der Waals surface area (Å²) in [6.07, 6.45) is 10.3. The molecule has 0 aliphatic rings. The molecule has 0 saturated heterocycles. The molecule has 5 rings (SSSR count). The summed E-state index contributed by atoms with van der Waals surface area (Å²) >= 11 is 0. The van der Waals surface area contributed by atoms with Crippen LogP contribution in [0.25, 0.3) is 32.9 Å². The van der Waals surface area contributed by atoms with Crippen molar-refractivity contribution >= 4 is 41.4 Å². The third kappa shape index (κ3) is 4.81. The summed E-state index contributed by atoms with van der Waals surface area (Å²) in [5, 5.41) is 5.01. The summed E-state index contributed by atoms with van der Waals surface area (Å²) in [4.78, 5) is 12.5. The van der Waals surface area contributed by atoms with E-state index in [9.17, 15) is 12.8 Å². The molecule has 2 aromatic carbocycles. The van der Waals surface area contributed by atoms with Gasteiger partial charge in [-0.2, -0.15) is 10.1 Å². The first-order valence-corrected chi connectivity index (χ1v) is 13.2. The standard InChI is InChI=1S/C25H16ClF2N5O3S/c1-2-17-19(27)8-7-15-5-3-6-18(21(15)17)24-22(28)23-16(13-29-24)14-30-25(31-23)36-12-4-10-33-11-9-20(32-33)37(26,34)35/h1,3,5-9,11,13-14H,4,10,12H2. The second-order valence-electron chi connectivity index (χ2n) is 7.90. The van der Waals surface area contributed by atoms with Gasteiger partial charge in [-0.3, -0.25) is 9.67 Å². The van der Waals surface area contributed by atoms with Crippen molar-refractivity contribution in [3.8, 4) is 29.6 Å². The molecule has 3 aromatic heterocycles. The molecular formula is C25H16ClF2N5O3S. The molecule has 37 heavy (non-hydrogen) atoms. The van der Waals surface area contributed by atoms with Gasteiger partial charge in [-0.1, -0.05) is 30.2 Å². The Bertz CT molecular complexity index is 1820. The van der Waals surface area contributed by atoms with Crippen molar-refractivity contribution in [1.82, 2.24) is 24.7 Å². The zero-order valence-electron chi connectivity index (χ0n) is 18.9. The molecule has 12 heteroatoms. The van der Waals surface area contributed by atoms with Crippen LogP contribution in [-0.4, -0.2) is 39.8 Å². The molecule has 0 radical (unpaired) electrons. The molecule has 186 valence electrons. The molecule has 3 heterocycles. The molecule has 0 aliphatic carbocycles. The second kappa shape index (κ2) is 9.72. The summed E-state index contributed by atoms with van der Waals surface area (Å²) in [5.41, 5.74) is 0.306. The molecule has 0 atom stereocenters. The number of nitrogens with zero attached hydrogens (tertiary/aromatic N) is 5. The van der Waals surface area contributed by atoms with Gasteiger partial charge in [0.05, 0.1) is 12.2 Å². The fourth-order valence-electron chi connectivity index (χ4n) is 3.89. The molecule has 0 saturated carbocycles. The number of halogens is 3. The van der Waals surface area contributed by atoms with Crippen molar-refractivity contribution < 1.29 is 21.9 Å². The first-order chi connectivity index (χ1) is 17.8. The minimum Gasteiger partial charge on any atom is -0.463 e. The number of benzene rings is 2. The average Bonchev–Trinajstić information content (AvgIpc) is 3.37. The van der Waals surface area contributed by atoms with E-state index in [1.807, 2.05) is 0 Å². The highest BCUT2D eigenvalue weighted by Crippen LogP contribution is 2.34. The van der Waals surface area contributed by atoms with E-state index in [1.54, 1.807) is 24.3 Å². The Morgan fingerprint density at radius 3 is 2.65 bits per heavy atom. The van der Waals surface area contributed by atoms with Crippen molar-refractivity contribution in [1.29, 1.82) is 0 Å². The van der Waals surface area contributed by atoms with Gasteiger partial charge in [0.25, 0.3) is 9.05 Å².